The van der Waals surface area contributed by atoms with Gasteiger partial charge in [-0.15, -0.1) is 0 Å². The van der Waals surface area contributed by atoms with E-state index >= 15 is 0 Å². The third-order valence-corrected chi connectivity index (χ3v) is 8.73. The van der Waals surface area contributed by atoms with Gasteiger partial charge in [0.2, 0.25) is 0 Å². The van der Waals surface area contributed by atoms with Crippen LogP contribution in [0.1, 0.15) is 74.8 Å². The van der Waals surface area contributed by atoms with Crippen molar-refractivity contribution in [3.63, 3.8) is 0 Å². The summed E-state index contributed by atoms with van der Waals surface area (Å²) in [6, 6.07) is 24.2. The maximum absolute atomic E-state index is 13.2. The number of carbonyl (C=O) groups excluding carboxylic acids is 4. The monoisotopic (exact) mass is 578 g/mol. The Morgan fingerprint density at radius 3 is 1.15 bits per heavy atom. The molecule has 1 heterocycles. The standard InChI is InChI=1S/C33H20Cl2N2O4/c34-32-33(35)37(16-19-10-12-25-27(14-19)31(41)23-8-4-2-6-21(23)29(25)39)17-36(32)15-18-9-11-24-26(13-18)30(40)22-7-3-1-5-20(22)28(24)38/h1-14H,15-17H2. The number of nitrogens with zero attached hydrogens (tertiary/aromatic N) is 2. The third-order valence-electron chi connectivity index (χ3n) is 7.79. The van der Waals surface area contributed by atoms with Crippen LogP contribution in [0, 0.1) is 0 Å². The van der Waals surface area contributed by atoms with Crippen LogP contribution < -0.4 is 0 Å². The molecule has 1 aliphatic heterocycles. The summed E-state index contributed by atoms with van der Waals surface area (Å²) in [4.78, 5) is 56.0. The molecular formula is C33H20Cl2N2O4. The molecule has 0 saturated heterocycles. The summed E-state index contributed by atoms with van der Waals surface area (Å²) in [5.74, 6) is -0.682. The van der Waals surface area contributed by atoms with Crippen LogP contribution in [0.5, 0.6) is 0 Å². The summed E-state index contributed by atoms with van der Waals surface area (Å²) in [5.41, 5.74) is 4.81. The number of fused-ring (bicyclic) bond motifs is 4. The number of hydrogen-bond donors (Lipinski definition) is 0. The lowest BCUT2D eigenvalue weighted by molar-refractivity contribution is 0.0979. The molecule has 0 radical (unpaired) electrons. The molecule has 3 aliphatic rings. The number of ketones is 4. The van der Waals surface area contributed by atoms with Crippen LogP contribution in [0.15, 0.2) is 95.2 Å². The second-order valence-electron chi connectivity index (χ2n) is 10.3. The largest absolute Gasteiger partial charge is 0.338 e. The van der Waals surface area contributed by atoms with E-state index in [-0.39, 0.29) is 23.1 Å². The Labute approximate surface area is 245 Å². The van der Waals surface area contributed by atoms with Crippen molar-refractivity contribution in [2.45, 2.75) is 13.1 Å². The molecular weight excluding hydrogens is 559 g/mol. The van der Waals surface area contributed by atoms with Crippen molar-refractivity contribution in [1.82, 2.24) is 9.80 Å². The van der Waals surface area contributed by atoms with Gasteiger partial charge >= 0.3 is 0 Å². The SMILES string of the molecule is O=C1c2ccccc2C(=O)c2cc(CN3CN(Cc4ccc5c(c4)C(=O)c4ccccc4C5=O)C(Cl)=C3Cl)ccc21. The molecule has 0 N–H and O–H groups in total. The van der Waals surface area contributed by atoms with Crippen molar-refractivity contribution in [2.24, 2.45) is 0 Å². The molecule has 41 heavy (non-hydrogen) atoms. The van der Waals surface area contributed by atoms with Gasteiger partial charge in [-0.25, -0.2) is 0 Å². The van der Waals surface area contributed by atoms with Gasteiger partial charge in [0.1, 0.15) is 10.3 Å². The van der Waals surface area contributed by atoms with E-state index < -0.39 is 0 Å². The van der Waals surface area contributed by atoms with Crippen molar-refractivity contribution < 1.29 is 19.2 Å². The zero-order chi connectivity index (χ0) is 28.4. The molecule has 0 bridgehead atoms. The lowest BCUT2D eigenvalue weighted by Crippen LogP contribution is -2.27. The molecule has 0 atom stereocenters. The summed E-state index contributed by atoms with van der Waals surface area (Å²) in [7, 11) is 0. The third kappa shape index (κ3) is 4.02. The topological polar surface area (TPSA) is 74.8 Å². The van der Waals surface area contributed by atoms with Crippen LogP contribution in [0.2, 0.25) is 0 Å². The normalized spacial score (nSPS) is 15.7. The van der Waals surface area contributed by atoms with Crippen LogP contribution in [0.25, 0.3) is 0 Å². The van der Waals surface area contributed by atoms with E-state index in [0.29, 0.717) is 74.6 Å². The summed E-state index contributed by atoms with van der Waals surface area (Å²) in [6.45, 7) is 1.11. The van der Waals surface area contributed by atoms with E-state index in [1.54, 1.807) is 72.8 Å². The van der Waals surface area contributed by atoms with Crippen molar-refractivity contribution in [3.8, 4) is 0 Å². The second kappa shape index (κ2) is 9.54. The van der Waals surface area contributed by atoms with E-state index in [1.165, 1.54) is 0 Å². The highest BCUT2D eigenvalue weighted by Crippen LogP contribution is 2.35. The Bertz CT molecular complexity index is 1760. The minimum absolute atomic E-state index is 0.163. The molecule has 4 aromatic carbocycles. The first kappa shape index (κ1) is 25.4. The molecule has 200 valence electrons. The van der Waals surface area contributed by atoms with Gasteiger partial charge in [-0.3, -0.25) is 19.2 Å². The number of halogens is 2. The van der Waals surface area contributed by atoms with Crippen molar-refractivity contribution in [1.29, 1.82) is 0 Å². The van der Waals surface area contributed by atoms with Gasteiger partial charge in [0.05, 0.1) is 6.67 Å². The fourth-order valence-corrected chi connectivity index (χ4v) is 6.23. The van der Waals surface area contributed by atoms with E-state index in [4.69, 9.17) is 23.2 Å². The van der Waals surface area contributed by atoms with Gasteiger partial charge in [0, 0.05) is 57.6 Å². The maximum Gasteiger partial charge on any atom is 0.194 e. The van der Waals surface area contributed by atoms with Crippen molar-refractivity contribution >= 4 is 46.3 Å². The smallest absolute Gasteiger partial charge is 0.194 e. The first-order chi connectivity index (χ1) is 19.8. The molecule has 0 amide bonds. The number of benzene rings is 4. The Morgan fingerprint density at radius 2 is 0.780 bits per heavy atom. The van der Waals surface area contributed by atoms with Crippen molar-refractivity contribution in [3.05, 3.63) is 151 Å². The van der Waals surface area contributed by atoms with Gasteiger partial charge in [-0.05, 0) is 35.4 Å². The summed E-state index contributed by atoms with van der Waals surface area (Å²) < 4.78 is 0. The predicted octanol–water partition coefficient (Wildman–Crippen LogP) is 6.12. The van der Waals surface area contributed by atoms with Gasteiger partial charge < -0.3 is 9.80 Å². The average Bonchev–Trinajstić information content (AvgIpc) is 3.26. The highest BCUT2D eigenvalue weighted by molar-refractivity contribution is 6.39. The van der Waals surface area contributed by atoms with E-state index in [2.05, 4.69) is 0 Å². The summed E-state index contributed by atoms with van der Waals surface area (Å²) >= 11 is 13.3. The van der Waals surface area contributed by atoms with Crippen molar-refractivity contribution in [2.75, 3.05) is 6.67 Å². The molecule has 2 aliphatic carbocycles. The molecule has 0 unspecified atom stereocenters. The molecule has 4 aromatic rings. The summed E-state index contributed by atoms with van der Waals surface area (Å²) in [5, 5.41) is 0.713. The van der Waals surface area contributed by atoms with E-state index in [0.717, 1.165) is 11.1 Å². The fourth-order valence-electron chi connectivity index (χ4n) is 5.76. The molecule has 0 spiro atoms. The molecule has 6 nitrogen and oxygen atoms in total. The first-order valence-corrected chi connectivity index (χ1v) is 13.8. The Kier molecular flexibility index (Phi) is 5.92. The van der Waals surface area contributed by atoms with Gasteiger partial charge in [-0.2, -0.15) is 0 Å². The lowest BCUT2D eigenvalue weighted by Gasteiger charge is -2.24. The second-order valence-corrected chi connectivity index (χ2v) is 11.0. The Morgan fingerprint density at radius 1 is 0.463 bits per heavy atom. The quantitative estimate of drug-likeness (QED) is 0.235. The Balaban J connectivity index is 1.11. The molecule has 8 heteroatoms. The van der Waals surface area contributed by atoms with Gasteiger partial charge in [0.15, 0.2) is 23.1 Å². The van der Waals surface area contributed by atoms with E-state index in [1.807, 2.05) is 21.9 Å². The first-order valence-electron chi connectivity index (χ1n) is 13.0. The molecule has 0 aromatic heterocycles. The van der Waals surface area contributed by atoms with E-state index in [9.17, 15) is 19.2 Å². The highest BCUT2D eigenvalue weighted by atomic mass is 35.5. The Hall–Kier alpha value is -4.52. The van der Waals surface area contributed by atoms with Gasteiger partial charge in [-0.1, -0.05) is 83.9 Å². The van der Waals surface area contributed by atoms with Crippen LogP contribution >= 0.6 is 23.2 Å². The summed E-state index contributed by atoms with van der Waals surface area (Å²) in [6.07, 6.45) is 0. The minimum atomic E-state index is -0.178. The molecule has 0 saturated carbocycles. The van der Waals surface area contributed by atoms with Crippen LogP contribution in [0.3, 0.4) is 0 Å². The van der Waals surface area contributed by atoms with Crippen LogP contribution in [-0.2, 0) is 13.1 Å². The fraction of sp³-hybridized carbons (Fsp3) is 0.0909. The zero-order valence-corrected chi connectivity index (χ0v) is 23.0. The molecule has 0 fully saturated rings. The number of rotatable bonds is 4. The molecule has 7 rings (SSSR count). The minimum Gasteiger partial charge on any atom is -0.338 e. The lowest BCUT2D eigenvalue weighted by atomic mass is 9.83. The highest BCUT2D eigenvalue weighted by Gasteiger charge is 2.32. The predicted molar refractivity (Wildman–Crippen MR) is 154 cm³/mol. The zero-order valence-electron chi connectivity index (χ0n) is 21.5. The number of hydrogen-bond acceptors (Lipinski definition) is 6. The van der Waals surface area contributed by atoms with Crippen LogP contribution in [0.4, 0.5) is 0 Å². The van der Waals surface area contributed by atoms with Gasteiger partial charge in [0.25, 0.3) is 0 Å². The maximum atomic E-state index is 13.2. The average molecular weight is 579 g/mol. The van der Waals surface area contributed by atoms with Crippen LogP contribution in [-0.4, -0.2) is 39.6 Å². The number of carbonyl (C=O) groups is 4.